The number of fused-ring (bicyclic) bond motifs is 3. The highest BCUT2D eigenvalue weighted by Gasteiger charge is 2.29. The number of aromatic nitrogens is 2. The van der Waals surface area contributed by atoms with E-state index in [1.165, 1.54) is 10.4 Å². The third kappa shape index (κ3) is 3.45. The van der Waals surface area contributed by atoms with E-state index < -0.39 is 0 Å². The average Bonchev–Trinajstić information content (AvgIpc) is 3.31. The fourth-order valence-corrected chi connectivity index (χ4v) is 6.47. The Hall–Kier alpha value is -2.22. The van der Waals surface area contributed by atoms with Gasteiger partial charge in [0.2, 0.25) is 11.8 Å². The highest BCUT2D eigenvalue weighted by Crippen LogP contribution is 2.36. The normalized spacial score (nSPS) is 22.7. The zero-order valence-corrected chi connectivity index (χ0v) is 18.2. The lowest BCUT2D eigenvalue weighted by molar-refractivity contribution is -0.139. The molecule has 1 aliphatic carbocycles. The lowest BCUT2D eigenvalue weighted by Crippen LogP contribution is -2.45. The molecule has 30 heavy (non-hydrogen) atoms. The van der Waals surface area contributed by atoms with Crippen LogP contribution in [0.3, 0.4) is 0 Å². The lowest BCUT2D eigenvalue weighted by atomic mass is 9.89. The molecule has 4 heterocycles. The van der Waals surface area contributed by atoms with E-state index >= 15 is 0 Å². The molecule has 2 amide bonds. The highest BCUT2D eigenvalue weighted by atomic mass is 32.1. The molecule has 0 N–H and O–H groups in total. The second kappa shape index (κ2) is 7.80. The van der Waals surface area contributed by atoms with Crippen molar-refractivity contribution < 1.29 is 9.59 Å². The van der Waals surface area contributed by atoms with E-state index in [1.54, 1.807) is 27.1 Å². The number of hydrogen-bond acceptors (Lipinski definition) is 5. The number of aryl methyl sites for hydroxylation is 1. The van der Waals surface area contributed by atoms with Crippen LogP contribution in [-0.4, -0.2) is 57.3 Å². The molecule has 0 saturated carbocycles. The predicted molar refractivity (Wildman–Crippen MR) is 116 cm³/mol. The first-order valence-corrected chi connectivity index (χ1v) is 11.9. The van der Waals surface area contributed by atoms with Gasteiger partial charge in [0.15, 0.2) is 0 Å². The molecule has 0 unspecified atom stereocenters. The molecule has 8 heteroatoms. The fourth-order valence-electron chi connectivity index (χ4n) is 5.13. The molecule has 3 aliphatic rings. The van der Waals surface area contributed by atoms with Crippen molar-refractivity contribution >= 4 is 33.4 Å². The van der Waals surface area contributed by atoms with Crippen molar-refractivity contribution in [1.29, 1.82) is 0 Å². The molecule has 2 saturated heterocycles. The van der Waals surface area contributed by atoms with Gasteiger partial charge < -0.3 is 9.80 Å². The van der Waals surface area contributed by atoms with Crippen LogP contribution in [0.2, 0.25) is 0 Å². The molecule has 5 rings (SSSR count). The summed E-state index contributed by atoms with van der Waals surface area (Å²) < 4.78 is 1.80. The average molecular weight is 429 g/mol. The molecule has 0 bridgehead atoms. The first kappa shape index (κ1) is 19.7. The standard InChI is InChI=1S/C22H28N4O3S/c1-14-4-5-16-17(11-14)30-21-20(16)22(29)26(13-23-21)15-6-9-24(10-7-15)19(28)12-25-8-2-3-18(25)27/h13-15H,2-12H2,1H3/t14-/m1/s1. The van der Waals surface area contributed by atoms with Crippen LogP contribution in [0.5, 0.6) is 0 Å². The van der Waals surface area contributed by atoms with Gasteiger partial charge >= 0.3 is 0 Å². The van der Waals surface area contributed by atoms with Gasteiger partial charge in [-0.2, -0.15) is 0 Å². The Kier molecular flexibility index (Phi) is 5.13. The Bertz CT molecular complexity index is 1050. The maximum absolute atomic E-state index is 13.3. The van der Waals surface area contributed by atoms with Crippen molar-refractivity contribution in [3.63, 3.8) is 0 Å². The number of hydrogen-bond donors (Lipinski definition) is 0. The number of carbonyl (C=O) groups is 2. The van der Waals surface area contributed by atoms with Gasteiger partial charge in [0.05, 0.1) is 18.3 Å². The van der Waals surface area contributed by atoms with Crippen LogP contribution in [0.1, 0.15) is 55.5 Å². The van der Waals surface area contributed by atoms with Gasteiger partial charge in [0, 0.05) is 37.0 Å². The first-order valence-electron chi connectivity index (χ1n) is 11.1. The molecule has 0 aromatic carbocycles. The number of rotatable bonds is 3. The summed E-state index contributed by atoms with van der Waals surface area (Å²) in [6.45, 7) is 4.39. The van der Waals surface area contributed by atoms with Crippen LogP contribution >= 0.6 is 11.3 Å². The maximum atomic E-state index is 13.3. The molecular weight excluding hydrogens is 400 g/mol. The monoisotopic (exact) mass is 428 g/mol. The largest absolute Gasteiger partial charge is 0.341 e. The molecular formula is C22H28N4O3S. The van der Waals surface area contributed by atoms with E-state index in [2.05, 4.69) is 11.9 Å². The van der Waals surface area contributed by atoms with E-state index in [9.17, 15) is 14.4 Å². The summed E-state index contributed by atoms with van der Waals surface area (Å²) in [5.41, 5.74) is 1.31. The zero-order valence-electron chi connectivity index (χ0n) is 17.4. The molecule has 2 aliphatic heterocycles. The second-order valence-electron chi connectivity index (χ2n) is 9.02. The summed E-state index contributed by atoms with van der Waals surface area (Å²) in [5.74, 6) is 0.772. The van der Waals surface area contributed by atoms with Crippen LogP contribution < -0.4 is 5.56 Å². The van der Waals surface area contributed by atoms with Gasteiger partial charge in [-0.25, -0.2) is 4.98 Å². The molecule has 2 fully saturated rings. The number of carbonyl (C=O) groups excluding carboxylic acids is 2. The molecule has 2 aromatic rings. The Morgan fingerprint density at radius 3 is 2.70 bits per heavy atom. The first-order chi connectivity index (χ1) is 14.5. The third-order valence-electron chi connectivity index (χ3n) is 6.95. The van der Waals surface area contributed by atoms with Gasteiger partial charge in [-0.3, -0.25) is 19.0 Å². The number of nitrogens with zero attached hydrogens (tertiary/aromatic N) is 4. The van der Waals surface area contributed by atoms with E-state index in [-0.39, 0.29) is 30.0 Å². The topological polar surface area (TPSA) is 75.5 Å². The summed E-state index contributed by atoms with van der Waals surface area (Å²) in [6, 6.07) is 0.0740. The van der Waals surface area contributed by atoms with Gasteiger partial charge in [0.1, 0.15) is 4.83 Å². The number of amides is 2. The Morgan fingerprint density at radius 1 is 1.17 bits per heavy atom. The zero-order chi connectivity index (χ0) is 20.8. The van der Waals surface area contributed by atoms with Crippen molar-refractivity contribution in [2.24, 2.45) is 5.92 Å². The summed E-state index contributed by atoms with van der Waals surface area (Å²) >= 11 is 1.68. The van der Waals surface area contributed by atoms with Gasteiger partial charge in [-0.1, -0.05) is 6.92 Å². The summed E-state index contributed by atoms with van der Waals surface area (Å²) in [7, 11) is 0. The highest BCUT2D eigenvalue weighted by molar-refractivity contribution is 7.18. The van der Waals surface area contributed by atoms with E-state index in [0.29, 0.717) is 32.0 Å². The van der Waals surface area contributed by atoms with Crippen LogP contribution in [0.4, 0.5) is 0 Å². The van der Waals surface area contributed by atoms with Crippen molar-refractivity contribution in [2.75, 3.05) is 26.2 Å². The number of piperidine rings is 1. The van der Waals surface area contributed by atoms with E-state index in [0.717, 1.165) is 48.7 Å². The number of likely N-dealkylation sites (tertiary alicyclic amines) is 2. The van der Waals surface area contributed by atoms with E-state index in [1.807, 2.05) is 4.90 Å². The molecule has 7 nitrogen and oxygen atoms in total. The summed E-state index contributed by atoms with van der Waals surface area (Å²) in [4.78, 5) is 48.0. The summed E-state index contributed by atoms with van der Waals surface area (Å²) in [5, 5.41) is 0.829. The molecule has 0 radical (unpaired) electrons. The molecule has 2 aromatic heterocycles. The number of thiophene rings is 1. The third-order valence-corrected chi connectivity index (χ3v) is 8.11. The molecule has 0 spiro atoms. The van der Waals surface area contributed by atoms with Crippen molar-refractivity contribution in [3.8, 4) is 0 Å². The van der Waals surface area contributed by atoms with E-state index in [4.69, 9.17) is 0 Å². The Labute approximate surface area is 179 Å². The quantitative estimate of drug-likeness (QED) is 0.752. The van der Waals surface area contributed by atoms with Crippen LogP contribution in [-0.2, 0) is 22.4 Å². The van der Waals surface area contributed by atoms with Crippen LogP contribution in [0.25, 0.3) is 10.2 Å². The van der Waals surface area contributed by atoms with Crippen LogP contribution in [0, 0.1) is 5.92 Å². The SMILES string of the molecule is C[C@@H]1CCc2c(sc3ncn(C4CCN(C(=O)CN5CCCC5=O)CC4)c(=O)c23)C1. The van der Waals surface area contributed by atoms with Crippen molar-refractivity contribution in [1.82, 2.24) is 19.4 Å². The van der Waals surface area contributed by atoms with Gasteiger partial charge in [-0.05, 0) is 50.0 Å². The lowest BCUT2D eigenvalue weighted by Gasteiger charge is -2.33. The molecule has 1 atom stereocenters. The Balaban J connectivity index is 1.30. The second-order valence-corrected chi connectivity index (χ2v) is 10.1. The summed E-state index contributed by atoms with van der Waals surface area (Å²) in [6.07, 6.45) is 7.76. The van der Waals surface area contributed by atoms with Crippen molar-refractivity contribution in [2.45, 2.75) is 57.9 Å². The predicted octanol–water partition coefficient (Wildman–Crippen LogP) is 2.37. The molecule has 160 valence electrons. The minimum absolute atomic E-state index is 0.0191. The van der Waals surface area contributed by atoms with Gasteiger partial charge in [-0.15, -0.1) is 11.3 Å². The Morgan fingerprint density at radius 2 is 1.97 bits per heavy atom. The smallest absolute Gasteiger partial charge is 0.262 e. The van der Waals surface area contributed by atoms with Crippen molar-refractivity contribution in [3.05, 3.63) is 27.1 Å². The minimum atomic E-state index is 0.0191. The van der Waals surface area contributed by atoms with Crippen LogP contribution in [0.15, 0.2) is 11.1 Å². The fraction of sp³-hybridized carbons (Fsp3) is 0.636. The van der Waals surface area contributed by atoms with Gasteiger partial charge in [0.25, 0.3) is 5.56 Å². The maximum Gasteiger partial charge on any atom is 0.262 e. The minimum Gasteiger partial charge on any atom is -0.341 e.